The summed E-state index contributed by atoms with van der Waals surface area (Å²) >= 11 is 0. The van der Waals surface area contributed by atoms with E-state index in [1.165, 1.54) is 6.42 Å². The van der Waals surface area contributed by atoms with E-state index in [4.69, 9.17) is 0 Å². The van der Waals surface area contributed by atoms with Crippen LogP contribution in [-0.4, -0.2) is 34.6 Å². The van der Waals surface area contributed by atoms with Gasteiger partial charge in [0.15, 0.2) is 0 Å². The Morgan fingerprint density at radius 1 is 1.47 bits per heavy atom. The molecule has 0 spiro atoms. The summed E-state index contributed by atoms with van der Waals surface area (Å²) in [4.78, 5) is 13.6. The Hall–Kier alpha value is -0.570. The maximum atomic E-state index is 11.6. The number of hydrogen-bond acceptors (Lipinski definition) is 2. The third-order valence-electron chi connectivity index (χ3n) is 4.03. The van der Waals surface area contributed by atoms with Crippen LogP contribution in [0.15, 0.2) is 0 Å². The molecule has 3 nitrogen and oxygen atoms in total. The van der Waals surface area contributed by atoms with Gasteiger partial charge >= 0.3 is 5.97 Å². The van der Waals surface area contributed by atoms with Gasteiger partial charge in [-0.2, -0.15) is 0 Å². The van der Waals surface area contributed by atoms with Crippen LogP contribution in [0.25, 0.3) is 0 Å². The van der Waals surface area contributed by atoms with Crippen molar-refractivity contribution in [2.45, 2.75) is 58.0 Å². The summed E-state index contributed by atoms with van der Waals surface area (Å²) in [7, 11) is 1.95. The van der Waals surface area contributed by atoms with Gasteiger partial charge in [0.2, 0.25) is 0 Å². The van der Waals surface area contributed by atoms with Crippen LogP contribution >= 0.6 is 0 Å². The summed E-state index contributed by atoms with van der Waals surface area (Å²) in [6.45, 7) is 6.20. The topological polar surface area (TPSA) is 40.5 Å². The lowest BCUT2D eigenvalue weighted by Gasteiger charge is -2.47. The SMILES string of the molecule is CC(C)N(C)C1(C(=O)O)CCCCC1C. The highest BCUT2D eigenvalue weighted by atomic mass is 16.4. The summed E-state index contributed by atoms with van der Waals surface area (Å²) < 4.78 is 0. The van der Waals surface area contributed by atoms with E-state index in [1.807, 2.05) is 11.9 Å². The minimum absolute atomic E-state index is 0.246. The van der Waals surface area contributed by atoms with E-state index in [-0.39, 0.29) is 12.0 Å². The molecule has 0 aromatic carbocycles. The van der Waals surface area contributed by atoms with Gasteiger partial charge in [-0.15, -0.1) is 0 Å². The predicted molar refractivity (Wildman–Crippen MR) is 60.9 cm³/mol. The maximum Gasteiger partial charge on any atom is 0.324 e. The molecule has 1 fully saturated rings. The Morgan fingerprint density at radius 2 is 2.07 bits per heavy atom. The van der Waals surface area contributed by atoms with Crippen LogP contribution in [0.4, 0.5) is 0 Å². The van der Waals surface area contributed by atoms with Crippen LogP contribution in [0.2, 0.25) is 0 Å². The van der Waals surface area contributed by atoms with Crippen LogP contribution in [0.3, 0.4) is 0 Å². The Kier molecular flexibility index (Phi) is 3.77. The third-order valence-corrected chi connectivity index (χ3v) is 4.03. The normalized spacial score (nSPS) is 32.3. The van der Waals surface area contributed by atoms with Crippen LogP contribution in [0.1, 0.15) is 46.5 Å². The summed E-state index contributed by atoms with van der Waals surface area (Å²) in [5.74, 6) is -0.401. The van der Waals surface area contributed by atoms with Crippen molar-refractivity contribution in [2.24, 2.45) is 5.92 Å². The zero-order valence-electron chi connectivity index (χ0n) is 10.3. The van der Waals surface area contributed by atoms with E-state index in [0.29, 0.717) is 0 Å². The highest BCUT2D eigenvalue weighted by Gasteiger charge is 2.48. The first-order chi connectivity index (χ1) is 6.93. The Bertz CT molecular complexity index is 240. The lowest BCUT2D eigenvalue weighted by atomic mass is 9.72. The number of carboxylic acid groups (broad SMARTS) is 1. The van der Waals surface area contributed by atoms with Crippen molar-refractivity contribution in [2.75, 3.05) is 7.05 Å². The molecular formula is C12H23NO2. The highest BCUT2D eigenvalue weighted by Crippen LogP contribution is 2.38. The number of nitrogens with zero attached hydrogens (tertiary/aromatic N) is 1. The van der Waals surface area contributed by atoms with Gasteiger partial charge in [-0.1, -0.05) is 19.8 Å². The van der Waals surface area contributed by atoms with Crippen molar-refractivity contribution < 1.29 is 9.90 Å². The molecule has 0 aromatic heterocycles. The molecule has 1 aliphatic carbocycles. The molecule has 0 heterocycles. The average molecular weight is 213 g/mol. The molecule has 2 atom stereocenters. The van der Waals surface area contributed by atoms with Gasteiger partial charge in [0.1, 0.15) is 5.54 Å². The van der Waals surface area contributed by atoms with Crippen molar-refractivity contribution in [3.8, 4) is 0 Å². The van der Waals surface area contributed by atoms with Crippen LogP contribution < -0.4 is 0 Å². The van der Waals surface area contributed by atoms with Crippen LogP contribution in [-0.2, 0) is 4.79 Å². The Labute approximate surface area is 92.5 Å². The van der Waals surface area contributed by atoms with Crippen LogP contribution in [0.5, 0.6) is 0 Å². The molecule has 1 aliphatic rings. The van der Waals surface area contributed by atoms with Gasteiger partial charge in [0.25, 0.3) is 0 Å². The van der Waals surface area contributed by atoms with E-state index in [9.17, 15) is 9.90 Å². The van der Waals surface area contributed by atoms with Crippen molar-refractivity contribution in [3.05, 3.63) is 0 Å². The monoisotopic (exact) mass is 213 g/mol. The van der Waals surface area contributed by atoms with E-state index < -0.39 is 11.5 Å². The summed E-state index contributed by atoms with van der Waals surface area (Å²) in [6, 6.07) is 0.279. The van der Waals surface area contributed by atoms with Gasteiger partial charge in [0, 0.05) is 6.04 Å². The standard InChI is InChI=1S/C12H23NO2/c1-9(2)13(4)12(11(14)15)8-6-5-7-10(12)3/h9-10H,5-8H2,1-4H3,(H,14,15). The maximum absolute atomic E-state index is 11.6. The van der Waals surface area contributed by atoms with Gasteiger partial charge in [-0.05, 0) is 39.7 Å². The zero-order valence-corrected chi connectivity index (χ0v) is 10.3. The molecule has 2 unspecified atom stereocenters. The highest BCUT2D eigenvalue weighted by molar-refractivity contribution is 5.79. The number of rotatable bonds is 3. The minimum Gasteiger partial charge on any atom is -0.480 e. The van der Waals surface area contributed by atoms with E-state index >= 15 is 0 Å². The fourth-order valence-electron chi connectivity index (χ4n) is 2.78. The lowest BCUT2D eigenvalue weighted by molar-refractivity contribution is -0.159. The summed E-state index contributed by atoms with van der Waals surface area (Å²) in [6.07, 6.45) is 4.03. The molecule has 1 N–H and O–H groups in total. The molecule has 0 saturated heterocycles. The largest absolute Gasteiger partial charge is 0.480 e. The van der Waals surface area contributed by atoms with E-state index in [1.54, 1.807) is 0 Å². The number of aliphatic carboxylic acids is 1. The number of carboxylic acids is 1. The molecule has 3 heteroatoms. The molecule has 15 heavy (non-hydrogen) atoms. The molecule has 1 saturated carbocycles. The first-order valence-corrected chi connectivity index (χ1v) is 5.89. The molecule has 0 bridgehead atoms. The van der Waals surface area contributed by atoms with Crippen molar-refractivity contribution >= 4 is 5.97 Å². The fraction of sp³-hybridized carbons (Fsp3) is 0.917. The Balaban J connectivity index is 3.00. The number of carbonyl (C=O) groups is 1. The van der Waals surface area contributed by atoms with Crippen LogP contribution in [0, 0.1) is 5.92 Å². The first kappa shape index (κ1) is 12.5. The Morgan fingerprint density at radius 3 is 2.47 bits per heavy atom. The van der Waals surface area contributed by atoms with Crippen molar-refractivity contribution in [1.82, 2.24) is 4.90 Å². The van der Waals surface area contributed by atoms with Gasteiger partial charge < -0.3 is 5.11 Å². The smallest absolute Gasteiger partial charge is 0.324 e. The van der Waals surface area contributed by atoms with Crippen molar-refractivity contribution in [1.29, 1.82) is 0 Å². The second-order valence-corrected chi connectivity index (χ2v) is 5.08. The zero-order chi connectivity index (χ0) is 11.6. The number of likely N-dealkylation sites (N-methyl/N-ethyl adjacent to an activating group) is 1. The minimum atomic E-state index is -0.647. The molecule has 0 aromatic rings. The second kappa shape index (κ2) is 4.52. The molecule has 1 rings (SSSR count). The lowest BCUT2D eigenvalue weighted by Crippen LogP contribution is -2.60. The summed E-state index contributed by atoms with van der Waals surface area (Å²) in [5.41, 5.74) is -0.633. The molecule has 0 amide bonds. The molecular weight excluding hydrogens is 190 g/mol. The van der Waals surface area contributed by atoms with Gasteiger partial charge in [0.05, 0.1) is 0 Å². The van der Waals surface area contributed by atoms with Gasteiger partial charge in [-0.3, -0.25) is 9.69 Å². The molecule has 0 radical (unpaired) electrons. The average Bonchev–Trinajstić information content (AvgIpc) is 2.17. The van der Waals surface area contributed by atoms with E-state index in [0.717, 1.165) is 19.3 Å². The van der Waals surface area contributed by atoms with Gasteiger partial charge in [-0.25, -0.2) is 0 Å². The first-order valence-electron chi connectivity index (χ1n) is 5.89. The third kappa shape index (κ3) is 2.03. The van der Waals surface area contributed by atoms with Crippen molar-refractivity contribution in [3.63, 3.8) is 0 Å². The molecule has 0 aliphatic heterocycles. The van der Waals surface area contributed by atoms with E-state index in [2.05, 4.69) is 20.8 Å². The summed E-state index contributed by atoms with van der Waals surface area (Å²) in [5, 5.41) is 9.54. The predicted octanol–water partition coefficient (Wildman–Crippen LogP) is 2.36. The fourth-order valence-corrected chi connectivity index (χ4v) is 2.78. The number of hydrogen-bond donors (Lipinski definition) is 1. The second-order valence-electron chi connectivity index (χ2n) is 5.08. The molecule has 88 valence electrons. The quantitative estimate of drug-likeness (QED) is 0.782.